The van der Waals surface area contributed by atoms with Gasteiger partial charge < -0.3 is 14.3 Å². The molecule has 3 aromatic heterocycles. The predicted octanol–water partition coefficient (Wildman–Crippen LogP) is 5.18. The van der Waals surface area contributed by atoms with E-state index in [0.29, 0.717) is 29.7 Å². The smallest absolute Gasteiger partial charge is 0.227 e. The molecule has 0 aliphatic carbocycles. The molecule has 0 aliphatic rings. The highest BCUT2D eigenvalue weighted by molar-refractivity contribution is 7.08. The fraction of sp³-hybridized carbons (Fsp3) is 0.0909. The molecule has 0 saturated heterocycles. The second kappa shape index (κ2) is 7.92. The molecular formula is C22H16N4O3S. The van der Waals surface area contributed by atoms with Crippen LogP contribution >= 0.6 is 11.3 Å². The van der Waals surface area contributed by atoms with Crippen molar-refractivity contribution >= 4 is 34.0 Å². The highest BCUT2D eigenvalue weighted by Gasteiger charge is 2.12. The van der Waals surface area contributed by atoms with Crippen LogP contribution in [0.4, 0.5) is 5.69 Å². The fourth-order valence-electron chi connectivity index (χ4n) is 3.00. The number of carbonyl (C=O) groups is 1. The number of carbonyl (C=O) groups excluding carboxylic acids is 1. The number of thiophene rings is 1. The Hall–Kier alpha value is -3.78. The molecule has 0 bridgehead atoms. The van der Waals surface area contributed by atoms with Crippen molar-refractivity contribution in [1.29, 1.82) is 0 Å². The van der Waals surface area contributed by atoms with E-state index in [0.717, 1.165) is 22.2 Å². The third kappa shape index (κ3) is 3.85. The van der Waals surface area contributed by atoms with Crippen LogP contribution in [-0.2, 0) is 11.2 Å². The minimum atomic E-state index is -0.125. The fourth-order valence-corrected chi connectivity index (χ4v) is 3.64. The lowest BCUT2D eigenvalue weighted by atomic mass is 10.2. The van der Waals surface area contributed by atoms with Gasteiger partial charge in [-0.05, 0) is 47.8 Å². The number of oxazole rings is 1. The van der Waals surface area contributed by atoms with E-state index in [1.165, 1.54) is 0 Å². The number of rotatable bonds is 6. The molecule has 0 atom stereocenters. The molecule has 0 fully saturated rings. The first-order valence-electron chi connectivity index (χ1n) is 9.36. The van der Waals surface area contributed by atoms with Crippen molar-refractivity contribution in [1.82, 2.24) is 15.1 Å². The Labute approximate surface area is 175 Å². The summed E-state index contributed by atoms with van der Waals surface area (Å²) in [6, 6.07) is 16.9. The van der Waals surface area contributed by atoms with E-state index >= 15 is 0 Å². The van der Waals surface area contributed by atoms with Crippen molar-refractivity contribution in [2.24, 2.45) is 0 Å². The predicted molar refractivity (Wildman–Crippen MR) is 114 cm³/mol. The maximum Gasteiger partial charge on any atom is 0.227 e. The lowest BCUT2D eigenvalue weighted by Gasteiger charge is -2.04. The topological polar surface area (TPSA) is 94.0 Å². The highest BCUT2D eigenvalue weighted by atomic mass is 32.1. The van der Waals surface area contributed by atoms with Gasteiger partial charge in [0.25, 0.3) is 0 Å². The van der Waals surface area contributed by atoms with Gasteiger partial charge in [0.15, 0.2) is 5.58 Å². The molecule has 0 unspecified atom stereocenters. The molecule has 3 heterocycles. The molecular weight excluding hydrogens is 400 g/mol. The van der Waals surface area contributed by atoms with Gasteiger partial charge in [0.05, 0.1) is 0 Å². The van der Waals surface area contributed by atoms with Crippen molar-refractivity contribution in [3.63, 3.8) is 0 Å². The van der Waals surface area contributed by atoms with Crippen LogP contribution in [0, 0.1) is 0 Å². The maximum atomic E-state index is 12.3. The summed E-state index contributed by atoms with van der Waals surface area (Å²) in [6.07, 6.45) is 0.627. The Balaban J connectivity index is 1.19. The Morgan fingerprint density at radius 3 is 2.67 bits per heavy atom. The molecule has 7 nitrogen and oxygen atoms in total. The van der Waals surface area contributed by atoms with Gasteiger partial charge in [-0.1, -0.05) is 17.3 Å². The van der Waals surface area contributed by atoms with Crippen molar-refractivity contribution in [3.8, 4) is 22.8 Å². The first kappa shape index (κ1) is 18.3. The molecule has 5 aromatic rings. The first-order valence-corrected chi connectivity index (χ1v) is 10.3. The summed E-state index contributed by atoms with van der Waals surface area (Å²) in [5.74, 6) is 1.41. The second-order valence-electron chi connectivity index (χ2n) is 6.64. The normalized spacial score (nSPS) is 11.1. The zero-order valence-electron chi connectivity index (χ0n) is 15.7. The number of hydrogen-bond donors (Lipinski definition) is 1. The summed E-state index contributed by atoms with van der Waals surface area (Å²) in [4.78, 5) is 21.1. The summed E-state index contributed by atoms with van der Waals surface area (Å²) in [6.45, 7) is 0. The van der Waals surface area contributed by atoms with Crippen LogP contribution in [0.3, 0.4) is 0 Å². The van der Waals surface area contributed by atoms with Gasteiger partial charge in [-0.15, -0.1) is 0 Å². The van der Waals surface area contributed by atoms with Gasteiger partial charge in [-0.25, -0.2) is 4.98 Å². The molecule has 2 aromatic carbocycles. The number of nitrogens with one attached hydrogen (secondary N) is 1. The number of anilines is 1. The third-order valence-electron chi connectivity index (χ3n) is 4.52. The number of aromatic nitrogens is 3. The van der Waals surface area contributed by atoms with E-state index in [9.17, 15) is 4.79 Å². The Morgan fingerprint density at radius 1 is 1.00 bits per heavy atom. The van der Waals surface area contributed by atoms with Crippen molar-refractivity contribution in [3.05, 3.63) is 71.2 Å². The van der Waals surface area contributed by atoms with Crippen molar-refractivity contribution < 1.29 is 13.7 Å². The number of para-hydroxylation sites is 2. The SMILES string of the molecule is O=C(CCc1nc(-c2ccsc2)no1)Nc1ccc(-c2nc3ccccc3o2)cc1. The van der Waals surface area contributed by atoms with Crippen LogP contribution in [0.5, 0.6) is 0 Å². The number of benzene rings is 2. The Morgan fingerprint density at radius 2 is 1.87 bits per heavy atom. The van der Waals surface area contributed by atoms with Gasteiger partial charge in [0.2, 0.25) is 23.5 Å². The number of aryl methyl sites for hydroxylation is 1. The number of fused-ring (bicyclic) bond motifs is 1. The minimum absolute atomic E-state index is 0.125. The number of hydrogen-bond acceptors (Lipinski definition) is 7. The summed E-state index contributed by atoms with van der Waals surface area (Å²) < 4.78 is 11.0. The zero-order valence-corrected chi connectivity index (χ0v) is 16.6. The summed E-state index contributed by atoms with van der Waals surface area (Å²) in [5.41, 5.74) is 4.01. The summed E-state index contributed by atoms with van der Waals surface area (Å²) in [5, 5.41) is 10.7. The zero-order chi connectivity index (χ0) is 20.3. The second-order valence-corrected chi connectivity index (χ2v) is 7.42. The molecule has 1 amide bonds. The minimum Gasteiger partial charge on any atom is -0.436 e. The Bertz CT molecular complexity index is 1260. The van der Waals surface area contributed by atoms with E-state index in [1.54, 1.807) is 11.3 Å². The van der Waals surface area contributed by atoms with E-state index < -0.39 is 0 Å². The van der Waals surface area contributed by atoms with Gasteiger partial charge in [0, 0.05) is 35.0 Å². The standard InChI is InChI=1S/C22H16N4O3S/c27-19(9-10-20-25-21(26-29-20)15-11-12-30-13-15)23-16-7-5-14(6-8-16)22-24-17-3-1-2-4-18(17)28-22/h1-8,11-13H,9-10H2,(H,23,27). The number of amides is 1. The van der Waals surface area contributed by atoms with E-state index in [1.807, 2.05) is 65.4 Å². The van der Waals surface area contributed by atoms with Crippen LogP contribution in [0.15, 0.2) is 74.3 Å². The third-order valence-corrected chi connectivity index (χ3v) is 5.21. The molecule has 0 spiro atoms. The average molecular weight is 416 g/mol. The van der Waals surface area contributed by atoms with Crippen LogP contribution in [0.1, 0.15) is 12.3 Å². The maximum absolute atomic E-state index is 12.3. The molecule has 1 N–H and O–H groups in total. The molecule has 0 saturated carbocycles. The molecule has 30 heavy (non-hydrogen) atoms. The largest absolute Gasteiger partial charge is 0.436 e. The first-order chi connectivity index (χ1) is 14.7. The van der Waals surface area contributed by atoms with Crippen LogP contribution in [-0.4, -0.2) is 21.0 Å². The van der Waals surface area contributed by atoms with Gasteiger partial charge >= 0.3 is 0 Å². The summed E-state index contributed by atoms with van der Waals surface area (Å²) in [7, 11) is 0. The average Bonchev–Trinajstić information content (AvgIpc) is 3.53. The van der Waals surface area contributed by atoms with Crippen LogP contribution in [0.2, 0.25) is 0 Å². The van der Waals surface area contributed by atoms with E-state index in [-0.39, 0.29) is 12.3 Å². The lowest BCUT2D eigenvalue weighted by Crippen LogP contribution is -2.12. The monoisotopic (exact) mass is 416 g/mol. The Kier molecular flexibility index (Phi) is 4.82. The quantitative estimate of drug-likeness (QED) is 0.410. The van der Waals surface area contributed by atoms with E-state index in [4.69, 9.17) is 8.94 Å². The molecule has 0 aliphatic heterocycles. The van der Waals surface area contributed by atoms with Crippen molar-refractivity contribution in [2.45, 2.75) is 12.8 Å². The summed E-state index contributed by atoms with van der Waals surface area (Å²) >= 11 is 1.57. The highest BCUT2D eigenvalue weighted by Crippen LogP contribution is 2.25. The molecule has 5 rings (SSSR count). The number of nitrogens with zero attached hydrogens (tertiary/aromatic N) is 3. The van der Waals surface area contributed by atoms with Crippen LogP contribution in [0.25, 0.3) is 33.9 Å². The van der Waals surface area contributed by atoms with Gasteiger partial charge in [-0.2, -0.15) is 16.3 Å². The lowest BCUT2D eigenvalue weighted by molar-refractivity contribution is -0.116. The van der Waals surface area contributed by atoms with Gasteiger partial charge in [-0.3, -0.25) is 4.79 Å². The van der Waals surface area contributed by atoms with Gasteiger partial charge in [0.1, 0.15) is 5.52 Å². The van der Waals surface area contributed by atoms with Crippen LogP contribution < -0.4 is 5.32 Å². The molecule has 8 heteroatoms. The van der Waals surface area contributed by atoms with E-state index in [2.05, 4.69) is 20.4 Å². The van der Waals surface area contributed by atoms with Crippen molar-refractivity contribution in [2.75, 3.05) is 5.32 Å². The molecule has 148 valence electrons. The molecule has 0 radical (unpaired) electrons.